The van der Waals surface area contributed by atoms with Gasteiger partial charge in [0.2, 0.25) is 5.91 Å². The van der Waals surface area contributed by atoms with Gasteiger partial charge < -0.3 is 26.4 Å². The van der Waals surface area contributed by atoms with Gasteiger partial charge >= 0.3 is 0 Å². The summed E-state index contributed by atoms with van der Waals surface area (Å²) in [6.45, 7) is 3.99. The molecule has 5 atom stereocenters. The molecule has 6 N–H and O–H groups in total. The number of thiazole rings is 1. The summed E-state index contributed by atoms with van der Waals surface area (Å²) in [6, 6.07) is 6.47. The molecule has 30 heavy (non-hydrogen) atoms. The third-order valence-electron chi connectivity index (χ3n) is 7.43. The van der Waals surface area contributed by atoms with Gasteiger partial charge in [0.15, 0.2) is 5.13 Å². The molecule has 4 rings (SSSR count). The number of nitrogens with two attached hydrogens (primary N) is 1. The number of nitrogen functional groups attached to an aromatic ring is 1. The fraction of sp³-hybridized carbons (Fsp3) is 0.545. The highest BCUT2D eigenvalue weighted by Gasteiger charge is 2.59. The second-order valence-corrected chi connectivity index (χ2v) is 10.3. The van der Waals surface area contributed by atoms with Crippen molar-refractivity contribution >= 4 is 28.1 Å². The summed E-state index contributed by atoms with van der Waals surface area (Å²) in [7, 11) is 0. The number of hydrogen-bond acceptors (Lipinski definition) is 7. The maximum absolute atomic E-state index is 13.0. The first kappa shape index (κ1) is 21.1. The Morgan fingerprint density at radius 2 is 2.17 bits per heavy atom. The van der Waals surface area contributed by atoms with Crippen LogP contribution in [0.5, 0.6) is 5.75 Å². The number of phenols is 1. The Bertz CT molecular complexity index is 964. The number of phenolic OH excluding ortho intramolecular Hbond substituents is 1. The normalized spacial score (nSPS) is 32.9. The van der Waals surface area contributed by atoms with Crippen molar-refractivity contribution in [1.29, 1.82) is 0 Å². The van der Waals surface area contributed by atoms with Crippen LogP contribution in [0.2, 0.25) is 0 Å². The number of hydrogen-bond donors (Lipinski definition) is 5. The van der Waals surface area contributed by atoms with E-state index in [1.54, 1.807) is 18.2 Å². The summed E-state index contributed by atoms with van der Waals surface area (Å²) in [4.78, 5) is 18.6. The molecule has 0 bridgehead atoms. The van der Waals surface area contributed by atoms with Gasteiger partial charge in [-0.3, -0.25) is 4.79 Å². The van der Waals surface area contributed by atoms with Crippen molar-refractivity contribution in [1.82, 2.24) is 4.98 Å². The highest BCUT2D eigenvalue weighted by atomic mass is 32.1. The van der Waals surface area contributed by atoms with Crippen LogP contribution < -0.4 is 11.1 Å². The minimum atomic E-state index is -0.649. The molecule has 0 saturated heterocycles. The van der Waals surface area contributed by atoms with Crippen molar-refractivity contribution < 1.29 is 20.1 Å². The lowest BCUT2D eigenvalue weighted by Crippen LogP contribution is -2.57. The van der Waals surface area contributed by atoms with Crippen LogP contribution in [0.3, 0.4) is 0 Å². The Labute approximate surface area is 180 Å². The van der Waals surface area contributed by atoms with Crippen LogP contribution in [0, 0.1) is 16.7 Å². The predicted octanol–water partition coefficient (Wildman–Crippen LogP) is 2.88. The molecular formula is C22H29N3O4S. The van der Waals surface area contributed by atoms with Gasteiger partial charge in [-0.1, -0.05) is 19.9 Å². The number of aromatic hydroxyl groups is 1. The second-order valence-electron chi connectivity index (χ2n) is 9.20. The number of carbonyl (C=O) groups is 1. The van der Waals surface area contributed by atoms with Crippen LogP contribution in [-0.2, 0) is 11.2 Å². The number of anilines is 2. The van der Waals surface area contributed by atoms with Gasteiger partial charge in [-0.15, -0.1) is 11.3 Å². The molecule has 0 spiro atoms. The predicted molar refractivity (Wildman–Crippen MR) is 116 cm³/mol. The standard InChI is InChI=1S/C22H29N3O4S/c1-21-7-6-17(28)22(2,11-26)16(21)10-15-19(25-20(23)30-15)14(21)9-18(29)24-12-4-3-5-13(27)8-12/h3-5,8,14,16-17,26-28H,6-7,9-11H2,1-2H3,(H2,23,25)(H,24,29). The number of aliphatic hydroxyl groups is 2. The average Bonchev–Trinajstić information content (AvgIpc) is 3.07. The number of aromatic nitrogens is 1. The van der Waals surface area contributed by atoms with Crippen LogP contribution >= 0.6 is 11.3 Å². The Kier molecular flexibility index (Phi) is 5.28. The molecule has 8 heteroatoms. The van der Waals surface area contributed by atoms with Crippen LogP contribution in [0.1, 0.15) is 49.6 Å². The lowest BCUT2D eigenvalue weighted by Gasteiger charge is -2.58. The van der Waals surface area contributed by atoms with Gasteiger partial charge in [0.1, 0.15) is 5.75 Å². The molecule has 0 aliphatic heterocycles. The van der Waals surface area contributed by atoms with Crippen molar-refractivity contribution in [2.75, 3.05) is 17.7 Å². The topological polar surface area (TPSA) is 129 Å². The lowest BCUT2D eigenvalue weighted by molar-refractivity contribution is -0.143. The molecule has 0 radical (unpaired) electrons. The van der Waals surface area contributed by atoms with Crippen molar-refractivity contribution in [2.24, 2.45) is 16.7 Å². The zero-order valence-corrected chi connectivity index (χ0v) is 18.1. The molecule has 7 nitrogen and oxygen atoms in total. The number of carbonyl (C=O) groups excluding carboxylic acids is 1. The number of rotatable bonds is 4. The van der Waals surface area contributed by atoms with E-state index in [0.29, 0.717) is 23.7 Å². The summed E-state index contributed by atoms with van der Waals surface area (Å²) in [6.07, 6.45) is 1.64. The van der Waals surface area contributed by atoms with E-state index in [1.807, 2.05) is 6.92 Å². The molecule has 1 aromatic heterocycles. The summed E-state index contributed by atoms with van der Waals surface area (Å²) >= 11 is 1.43. The van der Waals surface area contributed by atoms with Crippen molar-refractivity contribution in [3.8, 4) is 5.75 Å². The van der Waals surface area contributed by atoms with Crippen molar-refractivity contribution in [3.63, 3.8) is 0 Å². The summed E-state index contributed by atoms with van der Waals surface area (Å²) < 4.78 is 0. The summed E-state index contributed by atoms with van der Waals surface area (Å²) in [5.41, 5.74) is 6.49. The van der Waals surface area contributed by atoms with Crippen molar-refractivity contribution in [2.45, 2.75) is 51.6 Å². The van der Waals surface area contributed by atoms with Crippen LogP contribution in [0.25, 0.3) is 0 Å². The third kappa shape index (κ3) is 3.36. The van der Waals surface area contributed by atoms with E-state index in [2.05, 4.69) is 17.2 Å². The van der Waals surface area contributed by atoms with E-state index in [4.69, 9.17) is 5.73 Å². The Morgan fingerprint density at radius 1 is 1.40 bits per heavy atom. The molecule has 2 aliphatic carbocycles. The first-order chi connectivity index (χ1) is 14.2. The number of nitrogens with zero attached hydrogens (tertiary/aromatic N) is 1. The van der Waals surface area contributed by atoms with Gasteiger partial charge in [-0.05, 0) is 42.7 Å². The maximum Gasteiger partial charge on any atom is 0.225 e. The van der Waals surface area contributed by atoms with E-state index in [-0.39, 0.29) is 41.9 Å². The van der Waals surface area contributed by atoms with E-state index < -0.39 is 11.5 Å². The van der Waals surface area contributed by atoms with Crippen molar-refractivity contribution in [3.05, 3.63) is 34.8 Å². The fourth-order valence-electron chi connectivity index (χ4n) is 5.65. The van der Waals surface area contributed by atoms with E-state index >= 15 is 0 Å². The monoisotopic (exact) mass is 431 g/mol. The van der Waals surface area contributed by atoms with Gasteiger partial charge in [-0.2, -0.15) is 0 Å². The fourth-order valence-corrected chi connectivity index (χ4v) is 6.58. The first-order valence-corrected chi connectivity index (χ1v) is 11.1. The largest absolute Gasteiger partial charge is 0.508 e. The van der Waals surface area contributed by atoms with Crippen LogP contribution in [0.15, 0.2) is 24.3 Å². The minimum absolute atomic E-state index is 0.00432. The van der Waals surface area contributed by atoms with Gasteiger partial charge in [0.25, 0.3) is 0 Å². The zero-order valence-electron chi connectivity index (χ0n) is 17.3. The SMILES string of the molecule is CC1(CO)C(O)CCC2(C)C(CC(=O)Nc3cccc(O)c3)c3nc(N)sc3CC12. The van der Waals surface area contributed by atoms with Gasteiger partial charge in [-0.25, -0.2) is 4.98 Å². The number of fused-ring (bicyclic) bond motifs is 2. The quantitative estimate of drug-likeness (QED) is 0.506. The van der Waals surface area contributed by atoms with Crippen LogP contribution in [-0.4, -0.2) is 38.9 Å². The zero-order chi connectivity index (χ0) is 21.7. The van der Waals surface area contributed by atoms with E-state index in [9.17, 15) is 20.1 Å². The Balaban J connectivity index is 1.69. The lowest BCUT2D eigenvalue weighted by atomic mass is 9.47. The molecule has 2 aromatic rings. The smallest absolute Gasteiger partial charge is 0.225 e. The Morgan fingerprint density at radius 3 is 2.87 bits per heavy atom. The highest BCUT2D eigenvalue weighted by molar-refractivity contribution is 7.15. The highest BCUT2D eigenvalue weighted by Crippen LogP contribution is 2.62. The molecule has 1 fully saturated rings. The maximum atomic E-state index is 13.0. The van der Waals surface area contributed by atoms with E-state index in [1.165, 1.54) is 17.4 Å². The Hall–Kier alpha value is -2.16. The number of benzene rings is 1. The molecule has 5 unspecified atom stereocenters. The summed E-state index contributed by atoms with van der Waals surface area (Å²) in [5, 5.41) is 34.0. The molecule has 2 aliphatic rings. The summed E-state index contributed by atoms with van der Waals surface area (Å²) in [5.74, 6) is -0.242. The third-order valence-corrected chi connectivity index (χ3v) is 8.35. The van der Waals surface area contributed by atoms with Crippen LogP contribution in [0.4, 0.5) is 10.8 Å². The first-order valence-electron chi connectivity index (χ1n) is 10.3. The molecule has 1 aromatic carbocycles. The average molecular weight is 432 g/mol. The van der Waals surface area contributed by atoms with Gasteiger partial charge in [0.05, 0.1) is 18.4 Å². The number of nitrogens with one attached hydrogen (secondary N) is 1. The van der Waals surface area contributed by atoms with Gasteiger partial charge in [0, 0.05) is 34.4 Å². The van der Waals surface area contributed by atoms with E-state index in [0.717, 1.165) is 17.0 Å². The molecule has 1 heterocycles. The molecular weight excluding hydrogens is 402 g/mol. The molecule has 1 saturated carbocycles. The molecule has 1 amide bonds. The second kappa shape index (κ2) is 7.51. The number of amides is 1. The number of aliphatic hydroxyl groups excluding tert-OH is 2. The minimum Gasteiger partial charge on any atom is -0.508 e. The molecule has 162 valence electrons.